The van der Waals surface area contributed by atoms with Crippen molar-refractivity contribution in [2.24, 2.45) is 0 Å². The van der Waals surface area contributed by atoms with Crippen molar-refractivity contribution in [2.45, 2.75) is 63.7 Å². The Morgan fingerprint density at radius 1 is 1.30 bits per heavy atom. The SMILES string of the molecule is COc1nc2c(cc1CNC(=O)[C@@H]1CCCN1C)C(=O)N(C1CCCC1)C2. The van der Waals surface area contributed by atoms with Crippen LogP contribution in [0.5, 0.6) is 5.88 Å². The highest BCUT2D eigenvalue weighted by atomic mass is 16.5. The Labute approximate surface area is 160 Å². The summed E-state index contributed by atoms with van der Waals surface area (Å²) in [5.41, 5.74) is 2.20. The molecule has 1 aromatic rings. The minimum absolute atomic E-state index is 0.0245. The summed E-state index contributed by atoms with van der Waals surface area (Å²) in [6.07, 6.45) is 6.47. The molecule has 1 saturated heterocycles. The molecule has 1 saturated carbocycles. The number of ether oxygens (including phenoxy) is 1. The van der Waals surface area contributed by atoms with Crippen LogP contribution in [0.2, 0.25) is 0 Å². The molecule has 146 valence electrons. The highest BCUT2D eigenvalue weighted by molar-refractivity contribution is 5.98. The van der Waals surface area contributed by atoms with Gasteiger partial charge in [-0.3, -0.25) is 14.5 Å². The Morgan fingerprint density at radius 2 is 2.07 bits per heavy atom. The maximum atomic E-state index is 12.9. The predicted molar refractivity (Wildman–Crippen MR) is 100 cm³/mol. The Balaban J connectivity index is 1.49. The number of nitrogens with one attached hydrogen (secondary N) is 1. The lowest BCUT2D eigenvalue weighted by atomic mass is 10.1. The van der Waals surface area contributed by atoms with Gasteiger partial charge in [0.1, 0.15) is 0 Å². The van der Waals surface area contributed by atoms with Crippen LogP contribution >= 0.6 is 0 Å². The van der Waals surface area contributed by atoms with Gasteiger partial charge in [-0.15, -0.1) is 0 Å². The number of methoxy groups -OCH3 is 1. The second kappa shape index (κ2) is 7.46. The van der Waals surface area contributed by atoms with Crippen molar-refractivity contribution < 1.29 is 14.3 Å². The van der Waals surface area contributed by atoms with Gasteiger partial charge in [0, 0.05) is 18.2 Å². The average molecular weight is 372 g/mol. The fourth-order valence-corrected chi connectivity index (χ4v) is 4.62. The first-order valence-corrected chi connectivity index (χ1v) is 9.94. The van der Waals surface area contributed by atoms with Crippen LogP contribution in [0, 0.1) is 0 Å². The first-order valence-electron chi connectivity index (χ1n) is 9.94. The fourth-order valence-electron chi connectivity index (χ4n) is 4.62. The van der Waals surface area contributed by atoms with Crippen LogP contribution in [-0.2, 0) is 17.9 Å². The number of rotatable bonds is 5. The van der Waals surface area contributed by atoms with E-state index in [1.54, 1.807) is 7.11 Å². The molecule has 0 spiro atoms. The minimum Gasteiger partial charge on any atom is -0.481 e. The molecular formula is C20H28N4O3. The van der Waals surface area contributed by atoms with Crippen molar-refractivity contribution >= 4 is 11.8 Å². The molecule has 7 heteroatoms. The van der Waals surface area contributed by atoms with E-state index in [0.717, 1.165) is 43.5 Å². The largest absolute Gasteiger partial charge is 0.481 e. The Bertz CT molecular complexity index is 745. The van der Waals surface area contributed by atoms with Crippen molar-refractivity contribution in [3.8, 4) is 5.88 Å². The van der Waals surface area contributed by atoms with Gasteiger partial charge in [-0.1, -0.05) is 12.8 Å². The Kier molecular flexibility index (Phi) is 5.04. The quantitative estimate of drug-likeness (QED) is 0.852. The van der Waals surface area contributed by atoms with Gasteiger partial charge in [0.25, 0.3) is 5.91 Å². The van der Waals surface area contributed by atoms with Gasteiger partial charge in [0.2, 0.25) is 11.8 Å². The van der Waals surface area contributed by atoms with E-state index in [0.29, 0.717) is 30.6 Å². The normalized spacial score (nSPS) is 23.1. The number of pyridine rings is 1. The van der Waals surface area contributed by atoms with Gasteiger partial charge < -0.3 is 15.0 Å². The number of hydrogen-bond donors (Lipinski definition) is 1. The zero-order valence-corrected chi connectivity index (χ0v) is 16.2. The van der Waals surface area contributed by atoms with Gasteiger partial charge in [0.15, 0.2) is 0 Å². The monoisotopic (exact) mass is 372 g/mol. The van der Waals surface area contributed by atoms with E-state index in [9.17, 15) is 9.59 Å². The molecule has 1 N–H and O–H groups in total. The maximum Gasteiger partial charge on any atom is 0.256 e. The molecule has 2 fully saturated rings. The molecule has 3 aliphatic rings. The number of nitrogens with zero attached hydrogens (tertiary/aromatic N) is 3. The van der Waals surface area contributed by atoms with Crippen molar-refractivity contribution in [3.63, 3.8) is 0 Å². The standard InChI is InChI=1S/C20H28N4O3/c1-23-9-5-8-17(23)18(25)21-11-13-10-15-16(22-19(13)27-2)12-24(20(15)26)14-6-3-4-7-14/h10,14,17H,3-9,11-12H2,1-2H3,(H,21,25)/t17-/m0/s1. The third-order valence-corrected chi connectivity index (χ3v) is 6.19. The lowest BCUT2D eigenvalue weighted by Crippen LogP contribution is -2.41. The summed E-state index contributed by atoms with van der Waals surface area (Å²) in [6.45, 7) is 1.84. The molecule has 0 bridgehead atoms. The van der Waals surface area contributed by atoms with Crippen molar-refractivity contribution in [2.75, 3.05) is 20.7 Å². The van der Waals surface area contributed by atoms with Crippen LogP contribution in [0.15, 0.2) is 6.07 Å². The van der Waals surface area contributed by atoms with E-state index in [-0.39, 0.29) is 17.9 Å². The third-order valence-electron chi connectivity index (χ3n) is 6.19. The summed E-state index contributed by atoms with van der Waals surface area (Å²) in [5.74, 6) is 0.585. The number of hydrogen-bond acceptors (Lipinski definition) is 5. The van der Waals surface area contributed by atoms with Crippen LogP contribution in [-0.4, -0.2) is 59.4 Å². The van der Waals surface area contributed by atoms with E-state index in [1.807, 2.05) is 18.0 Å². The topological polar surface area (TPSA) is 74.8 Å². The minimum atomic E-state index is -0.0714. The van der Waals surface area contributed by atoms with E-state index >= 15 is 0 Å². The summed E-state index contributed by atoms with van der Waals surface area (Å²) in [4.78, 5) is 34.0. The number of fused-ring (bicyclic) bond motifs is 1. The highest BCUT2D eigenvalue weighted by Gasteiger charge is 2.36. The summed E-state index contributed by atoms with van der Waals surface area (Å²) < 4.78 is 5.44. The maximum absolute atomic E-state index is 12.9. The molecule has 4 rings (SSSR count). The predicted octanol–water partition coefficient (Wildman–Crippen LogP) is 1.70. The zero-order chi connectivity index (χ0) is 19.0. The molecule has 1 atom stereocenters. The van der Waals surface area contributed by atoms with Crippen molar-refractivity contribution in [1.82, 2.24) is 20.1 Å². The second-order valence-corrected chi connectivity index (χ2v) is 7.88. The summed E-state index contributed by atoms with van der Waals surface area (Å²) in [6, 6.07) is 2.12. The van der Waals surface area contributed by atoms with E-state index in [1.165, 1.54) is 12.8 Å². The van der Waals surface area contributed by atoms with E-state index in [4.69, 9.17) is 4.74 Å². The van der Waals surface area contributed by atoms with E-state index < -0.39 is 0 Å². The summed E-state index contributed by atoms with van der Waals surface area (Å²) >= 11 is 0. The third kappa shape index (κ3) is 3.40. The number of likely N-dealkylation sites (tertiary alicyclic amines) is 1. The molecule has 1 aromatic heterocycles. The number of carbonyl (C=O) groups excluding carboxylic acids is 2. The van der Waals surface area contributed by atoms with Gasteiger partial charge in [-0.05, 0) is 45.3 Å². The molecule has 0 radical (unpaired) electrons. The van der Waals surface area contributed by atoms with Gasteiger partial charge >= 0.3 is 0 Å². The smallest absolute Gasteiger partial charge is 0.256 e. The molecular weight excluding hydrogens is 344 g/mol. The Hall–Kier alpha value is -2.15. The molecule has 27 heavy (non-hydrogen) atoms. The fraction of sp³-hybridized carbons (Fsp3) is 0.650. The zero-order valence-electron chi connectivity index (χ0n) is 16.2. The lowest BCUT2D eigenvalue weighted by Gasteiger charge is -2.22. The van der Waals surface area contributed by atoms with Gasteiger partial charge in [-0.25, -0.2) is 4.98 Å². The Morgan fingerprint density at radius 3 is 2.74 bits per heavy atom. The number of likely N-dealkylation sites (N-methyl/N-ethyl adjacent to an activating group) is 1. The number of amides is 2. The van der Waals surface area contributed by atoms with Gasteiger partial charge in [-0.2, -0.15) is 0 Å². The lowest BCUT2D eigenvalue weighted by molar-refractivity contribution is -0.125. The number of carbonyl (C=O) groups is 2. The molecule has 1 aliphatic carbocycles. The molecule has 7 nitrogen and oxygen atoms in total. The number of aromatic nitrogens is 1. The summed E-state index contributed by atoms with van der Waals surface area (Å²) in [5, 5.41) is 2.99. The van der Waals surface area contributed by atoms with Crippen LogP contribution in [0.3, 0.4) is 0 Å². The van der Waals surface area contributed by atoms with Crippen LogP contribution < -0.4 is 10.1 Å². The first kappa shape index (κ1) is 18.2. The molecule has 0 aromatic carbocycles. The molecule has 2 amide bonds. The van der Waals surface area contributed by atoms with Crippen LogP contribution in [0.1, 0.15) is 60.1 Å². The second-order valence-electron chi connectivity index (χ2n) is 7.88. The van der Waals surface area contributed by atoms with Gasteiger partial charge in [0.05, 0.1) is 31.0 Å². The molecule has 3 heterocycles. The summed E-state index contributed by atoms with van der Waals surface area (Å²) in [7, 11) is 3.56. The van der Waals surface area contributed by atoms with Crippen molar-refractivity contribution in [3.05, 3.63) is 22.9 Å². The van der Waals surface area contributed by atoms with Crippen LogP contribution in [0.4, 0.5) is 0 Å². The molecule has 2 aliphatic heterocycles. The van der Waals surface area contributed by atoms with Crippen molar-refractivity contribution in [1.29, 1.82) is 0 Å². The highest BCUT2D eigenvalue weighted by Crippen LogP contribution is 2.33. The van der Waals surface area contributed by atoms with E-state index in [2.05, 4.69) is 15.2 Å². The van der Waals surface area contributed by atoms with Crippen LogP contribution in [0.25, 0.3) is 0 Å². The first-order chi connectivity index (χ1) is 13.1. The average Bonchev–Trinajstić information content (AvgIpc) is 3.40. The molecule has 0 unspecified atom stereocenters.